The van der Waals surface area contributed by atoms with Crippen molar-refractivity contribution in [3.63, 3.8) is 0 Å². The quantitative estimate of drug-likeness (QED) is 0.924. The van der Waals surface area contributed by atoms with Crippen LogP contribution in [-0.2, 0) is 0 Å². The Hall–Kier alpha value is -1.05. The van der Waals surface area contributed by atoms with Gasteiger partial charge in [0.2, 0.25) is 0 Å². The number of nitrogens with one attached hydrogen (secondary N) is 1. The van der Waals surface area contributed by atoms with Crippen LogP contribution in [0.25, 0.3) is 0 Å². The Balaban J connectivity index is 2.76. The summed E-state index contributed by atoms with van der Waals surface area (Å²) in [5, 5.41) is 12.0. The van der Waals surface area contributed by atoms with Crippen LogP contribution in [0, 0.1) is 11.3 Å². The molecule has 0 saturated heterocycles. The zero-order valence-electron chi connectivity index (χ0n) is 9.34. The molecule has 90 valence electrons. The number of carbonyl (C=O) groups is 1. The third-order valence-corrected chi connectivity index (χ3v) is 3.45. The number of nitriles is 1. The Morgan fingerprint density at radius 1 is 1.65 bits per heavy atom. The second-order valence-corrected chi connectivity index (χ2v) is 4.83. The number of amides is 1. The van der Waals surface area contributed by atoms with Gasteiger partial charge in [0, 0.05) is 10.0 Å². The predicted octanol–water partition coefficient (Wildman–Crippen LogP) is 3.52. The van der Waals surface area contributed by atoms with Crippen LogP contribution in [0.3, 0.4) is 0 Å². The Morgan fingerprint density at radius 3 is 2.88 bits per heavy atom. The standard InChI is InChI=1S/C12H12BrClN2O/c1-2-3-9(7-15)16-12(17)8-4-5-10(13)11(14)6-8/h4-6,9H,2-3H2,1H3,(H,16,17). The molecule has 0 spiro atoms. The second-order valence-electron chi connectivity index (χ2n) is 3.57. The van der Waals surface area contributed by atoms with Crippen molar-refractivity contribution < 1.29 is 4.79 Å². The number of carbonyl (C=O) groups excluding carboxylic acids is 1. The number of hydrogen-bond acceptors (Lipinski definition) is 2. The highest BCUT2D eigenvalue weighted by molar-refractivity contribution is 9.10. The molecule has 3 nitrogen and oxygen atoms in total. The SMILES string of the molecule is CCCC(C#N)NC(=O)c1ccc(Br)c(Cl)c1. The number of hydrogen-bond donors (Lipinski definition) is 1. The van der Waals surface area contributed by atoms with E-state index in [0.717, 1.165) is 10.9 Å². The molecule has 0 bridgehead atoms. The van der Waals surface area contributed by atoms with E-state index in [-0.39, 0.29) is 5.91 Å². The third-order valence-electron chi connectivity index (χ3n) is 2.22. The summed E-state index contributed by atoms with van der Waals surface area (Å²) in [5.74, 6) is -0.278. The molecule has 1 atom stereocenters. The van der Waals surface area contributed by atoms with Crippen LogP contribution < -0.4 is 5.32 Å². The summed E-state index contributed by atoms with van der Waals surface area (Å²) in [7, 11) is 0. The average molecular weight is 316 g/mol. The van der Waals surface area contributed by atoms with E-state index in [2.05, 4.69) is 27.3 Å². The van der Waals surface area contributed by atoms with Crippen LogP contribution >= 0.6 is 27.5 Å². The van der Waals surface area contributed by atoms with Crippen LogP contribution in [0.2, 0.25) is 5.02 Å². The van der Waals surface area contributed by atoms with E-state index in [0.29, 0.717) is 17.0 Å². The van der Waals surface area contributed by atoms with Crippen LogP contribution in [0.4, 0.5) is 0 Å². The van der Waals surface area contributed by atoms with Crippen LogP contribution in [-0.4, -0.2) is 11.9 Å². The normalized spacial score (nSPS) is 11.6. The van der Waals surface area contributed by atoms with E-state index in [1.807, 2.05) is 6.92 Å². The smallest absolute Gasteiger partial charge is 0.252 e. The Kier molecular flexibility index (Phi) is 5.46. The molecule has 1 unspecified atom stereocenters. The highest BCUT2D eigenvalue weighted by Gasteiger charge is 2.13. The molecule has 1 rings (SSSR count). The van der Waals surface area contributed by atoms with Crippen LogP contribution in [0.15, 0.2) is 22.7 Å². The molecule has 5 heteroatoms. The lowest BCUT2D eigenvalue weighted by Gasteiger charge is -2.10. The maximum atomic E-state index is 11.8. The first-order valence-corrected chi connectivity index (χ1v) is 6.41. The van der Waals surface area contributed by atoms with Gasteiger partial charge in [-0.3, -0.25) is 4.79 Å². The van der Waals surface area contributed by atoms with E-state index < -0.39 is 6.04 Å². The van der Waals surface area contributed by atoms with Gasteiger partial charge < -0.3 is 5.32 Å². The predicted molar refractivity (Wildman–Crippen MR) is 70.9 cm³/mol. The fraction of sp³-hybridized carbons (Fsp3) is 0.333. The number of halogens is 2. The zero-order chi connectivity index (χ0) is 12.8. The van der Waals surface area contributed by atoms with Gasteiger partial charge in [-0.25, -0.2) is 0 Å². The van der Waals surface area contributed by atoms with Crippen molar-refractivity contribution >= 4 is 33.4 Å². The molecule has 0 saturated carbocycles. The Bertz CT molecular complexity index is 456. The maximum absolute atomic E-state index is 11.8. The fourth-order valence-corrected chi connectivity index (χ4v) is 1.76. The summed E-state index contributed by atoms with van der Waals surface area (Å²) in [6.07, 6.45) is 1.49. The van der Waals surface area contributed by atoms with Gasteiger partial charge in [0.05, 0.1) is 11.1 Å². The molecule has 0 aliphatic rings. The molecule has 0 heterocycles. The summed E-state index contributed by atoms with van der Waals surface area (Å²) in [6, 6.07) is 6.54. The molecular formula is C12H12BrClN2O. The van der Waals surface area contributed by atoms with Crippen molar-refractivity contribution in [3.05, 3.63) is 33.3 Å². The molecular weight excluding hydrogens is 304 g/mol. The molecule has 17 heavy (non-hydrogen) atoms. The van der Waals surface area contributed by atoms with Gasteiger partial charge in [0.25, 0.3) is 5.91 Å². The maximum Gasteiger partial charge on any atom is 0.252 e. The molecule has 1 N–H and O–H groups in total. The molecule has 0 aliphatic heterocycles. The molecule has 0 radical (unpaired) electrons. The van der Waals surface area contributed by atoms with E-state index in [4.69, 9.17) is 16.9 Å². The molecule has 0 aromatic heterocycles. The lowest BCUT2D eigenvalue weighted by Crippen LogP contribution is -2.33. The summed E-state index contributed by atoms with van der Waals surface area (Å²) in [4.78, 5) is 11.8. The highest BCUT2D eigenvalue weighted by atomic mass is 79.9. The van der Waals surface area contributed by atoms with Crippen LogP contribution in [0.5, 0.6) is 0 Å². The van der Waals surface area contributed by atoms with Gasteiger partial charge in [-0.1, -0.05) is 24.9 Å². The largest absolute Gasteiger partial charge is 0.336 e. The third kappa shape index (κ3) is 4.03. The molecule has 1 aromatic rings. The lowest BCUT2D eigenvalue weighted by molar-refractivity contribution is 0.0944. The summed E-state index contributed by atoms with van der Waals surface area (Å²) in [6.45, 7) is 1.97. The fourth-order valence-electron chi connectivity index (χ4n) is 1.34. The zero-order valence-corrected chi connectivity index (χ0v) is 11.7. The van der Waals surface area contributed by atoms with Gasteiger partial charge in [0.15, 0.2) is 0 Å². The molecule has 1 aromatic carbocycles. The van der Waals surface area contributed by atoms with Crippen molar-refractivity contribution in [1.82, 2.24) is 5.32 Å². The van der Waals surface area contributed by atoms with Crippen LogP contribution in [0.1, 0.15) is 30.1 Å². The van der Waals surface area contributed by atoms with E-state index in [1.54, 1.807) is 18.2 Å². The van der Waals surface area contributed by atoms with Gasteiger partial charge >= 0.3 is 0 Å². The van der Waals surface area contributed by atoms with Crippen molar-refractivity contribution in [2.24, 2.45) is 0 Å². The summed E-state index contributed by atoms with van der Waals surface area (Å²) >= 11 is 9.15. The van der Waals surface area contributed by atoms with Crippen molar-refractivity contribution in [3.8, 4) is 6.07 Å². The first kappa shape index (κ1) is 14.0. The lowest BCUT2D eigenvalue weighted by atomic mass is 10.1. The Labute approximate surface area is 114 Å². The Morgan fingerprint density at radius 2 is 2.35 bits per heavy atom. The number of nitrogens with zero attached hydrogens (tertiary/aromatic N) is 1. The average Bonchev–Trinajstić information content (AvgIpc) is 2.31. The first-order chi connectivity index (χ1) is 8.08. The molecule has 0 aliphatic carbocycles. The number of benzene rings is 1. The summed E-state index contributed by atoms with van der Waals surface area (Å²) in [5.41, 5.74) is 0.453. The first-order valence-electron chi connectivity index (χ1n) is 5.24. The molecule has 1 amide bonds. The topological polar surface area (TPSA) is 52.9 Å². The van der Waals surface area contributed by atoms with Gasteiger partial charge in [-0.05, 0) is 40.5 Å². The van der Waals surface area contributed by atoms with E-state index in [9.17, 15) is 4.79 Å². The van der Waals surface area contributed by atoms with Crippen molar-refractivity contribution in [1.29, 1.82) is 5.26 Å². The number of rotatable bonds is 4. The second kappa shape index (κ2) is 6.63. The monoisotopic (exact) mass is 314 g/mol. The minimum absolute atomic E-state index is 0.278. The minimum atomic E-state index is -0.449. The highest BCUT2D eigenvalue weighted by Crippen LogP contribution is 2.23. The van der Waals surface area contributed by atoms with E-state index in [1.165, 1.54) is 0 Å². The van der Waals surface area contributed by atoms with Gasteiger partial charge in [-0.15, -0.1) is 0 Å². The summed E-state index contributed by atoms with van der Waals surface area (Å²) < 4.78 is 0.737. The van der Waals surface area contributed by atoms with E-state index >= 15 is 0 Å². The van der Waals surface area contributed by atoms with Crippen molar-refractivity contribution in [2.45, 2.75) is 25.8 Å². The molecule has 0 fully saturated rings. The van der Waals surface area contributed by atoms with Crippen molar-refractivity contribution in [2.75, 3.05) is 0 Å². The van der Waals surface area contributed by atoms with Gasteiger partial charge in [0.1, 0.15) is 6.04 Å². The van der Waals surface area contributed by atoms with Gasteiger partial charge in [-0.2, -0.15) is 5.26 Å². The minimum Gasteiger partial charge on any atom is -0.336 e.